The van der Waals surface area contributed by atoms with Crippen LogP contribution in [0.5, 0.6) is 0 Å². The number of aliphatic hydroxyl groups is 1. The van der Waals surface area contributed by atoms with Crippen LogP contribution in [0, 0.1) is 23.3 Å². The van der Waals surface area contributed by atoms with Crippen molar-refractivity contribution < 1.29 is 30.0 Å². The van der Waals surface area contributed by atoms with Gasteiger partial charge in [0.05, 0.1) is 5.52 Å². The molecular formula is C43H49IrN2O2S-. The van der Waals surface area contributed by atoms with E-state index in [9.17, 15) is 9.90 Å². The molecule has 0 unspecified atom stereocenters. The standard InChI is InChI=1S/C29H23N2S.C14H26O2.Ir/c1-29(2,3)16-19-9-6-12-22-20(19)11-7-13-23(22)26-28-27(31-17-30-26)25-21-10-5-4-8-18(21)14-15-24(25)32-28;1-6-11(7-2)13(15)10(5)14(16)12(8-3)9-4;/h4-12,14-15,17H,16H2,1-3H3;11-12,15H,6-9H2,1-5H3;/q-1;;/b;13-10-;. The van der Waals surface area contributed by atoms with Gasteiger partial charge >= 0.3 is 0 Å². The number of hydrogen-bond donors (Lipinski definition) is 1. The molecule has 1 radical (unpaired) electrons. The zero-order chi connectivity index (χ0) is 34.6. The zero-order valence-corrected chi connectivity index (χ0v) is 33.3. The third kappa shape index (κ3) is 8.14. The summed E-state index contributed by atoms with van der Waals surface area (Å²) in [7, 11) is 0. The fourth-order valence-electron chi connectivity index (χ4n) is 6.83. The summed E-state index contributed by atoms with van der Waals surface area (Å²) >= 11 is 1.78. The van der Waals surface area contributed by atoms with E-state index in [1.807, 2.05) is 33.8 Å². The largest absolute Gasteiger partial charge is 0.512 e. The van der Waals surface area contributed by atoms with E-state index in [2.05, 4.69) is 87.5 Å². The summed E-state index contributed by atoms with van der Waals surface area (Å²) in [5, 5.41) is 16.2. The maximum atomic E-state index is 12.1. The molecule has 259 valence electrons. The van der Waals surface area contributed by atoms with Gasteiger partial charge < -0.3 is 5.11 Å². The summed E-state index contributed by atoms with van der Waals surface area (Å²) in [6, 6.07) is 27.3. The van der Waals surface area contributed by atoms with Crippen LogP contribution in [0.1, 0.15) is 86.6 Å². The minimum Gasteiger partial charge on any atom is -0.512 e. The van der Waals surface area contributed by atoms with Crippen LogP contribution >= 0.6 is 11.3 Å². The summed E-state index contributed by atoms with van der Waals surface area (Å²) in [6.07, 6.45) is 6.20. The van der Waals surface area contributed by atoms with Crippen molar-refractivity contribution in [2.45, 2.75) is 87.5 Å². The second-order valence-corrected chi connectivity index (χ2v) is 15.1. The SMILES string of the molecule is CC(C)(C)Cc1cccc2c(-c3ncnc4c3sc3ccc5ccccc5c34)[c-]ccc12.CCC(CC)C(=O)/C(C)=C(\O)C(CC)CC.[Ir]. The van der Waals surface area contributed by atoms with Gasteiger partial charge in [-0.3, -0.25) is 9.78 Å². The van der Waals surface area contributed by atoms with Gasteiger partial charge in [0, 0.05) is 58.0 Å². The number of ketones is 1. The number of aliphatic hydroxyl groups excluding tert-OH is 1. The van der Waals surface area contributed by atoms with Crippen LogP contribution in [0.25, 0.3) is 53.1 Å². The number of fused-ring (bicyclic) bond motifs is 6. The number of carbonyl (C=O) groups excluding carboxylic acids is 1. The number of thiophene rings is 1. The summed E-state index contributed by atoms with van der Waals surface area (Å²) < 4.78 is 2.37. The topological polar surface area (TPSA) is 63.1 Å². The van der Waals surface area contributed by atoms with Crippen LogP contribution in [0.3, 0.4) is 0 Å². The first-order valence-electron chi connectivity index (χ1n) is 17.4. The number of rotatable bonds is 9. The molecule has 0 spiro atoms. The Morgan fingerprint density at radius 3 is 2.18 bits per heavy atom. The van der Waals surface area contributed by atoms with Crippen molar-refractivity contribution in [3.63, 3.8) is 0 Å². The smallest absolute Gasteiger partial charge is 0.164 e. The summed E-state index contributed by atoms with van der Waals surface area (Å²) in [4.78, 5) is 21.6. The molecule has 4 aromatic carbocycles. The van der Waals surface area contributed by atoms with E-state index >= 15 is 0 Å². The average molecular weight is 850 g/mol. The predicted octanol–water partition coefficient (Wildman–Crippen LogP) is 12.5. The van der Waals surface area contributed by atoms with Gasteiger partial charge in [-0.25, -0.2) is 4.98 Å². The molecule has 4 nitrogen and oxygen atoms in total. The molecule has 0 bridgehead atoms. The van der Waals surface area contributed by atoms with Gasteiger partial charge in [-0.15, -0.1) is 35.1 Å². The third-order valence-electron chi connectivity index (χ3n) is 9.53. The van der Waals surface area contributed by atoms with Crippen molar-refractivity contribution >= 4 is 59.0 Å². The van der Waals surface area contributed by atoms with Gasteiger partial charge in [0.25, 0.3) is 0 Å². The van der Waals surface area contributed by atoms with E-state index in [0.717, 1.165) is 53.6 Å². The van der Waals surface area contributed by atoms with Gasteiger partial charge in [-0.05, 0) is 61.3 Å². The number of aromatic nitrogens is 2. The number of benzene rings is 4. The molecule has 0 saturated carbocycles. The first kappa shape index (κ1) is 38.4. The van der Waals surface area contributed by atoms with Crippen LogP contribution in [-0.2, 0) is 31.3 Å². The van der Waals surface area contributed by atoms with Crippen LogP contribution in [-0.4, -0.2) is 20.9 Å². The van der Waals surface area contributed by atoms with E-state index in [4.69, 9.17) is 9.97 Å². The second kappa shape index (κ2) is 16.5. The zero-order valence-electron chi connectivity index (χ0n) is 30.1. The van der Waals surface area contributed by atoms with Crippen molar-refractivity contribution in [2.75, 3.05) is 0 Å². The molecule has 6 aromatic rings. The normalized spacial score (nSPS) is 12.4. The molecule has 49 heavy (non-hydrogen) atoms. The molecule has 0 fully saturated rings. The Kier molecular flexibility index (Phi) is 12.9. The third-order valence-corrected chi connectivity index (χ3v) is 10.7. The average Bonchev–Trinajstić information content (AvgIpc) is 3.48. The minimum atomic E-state index is 0. The Labute approximate surface area is 309 Å². The maximum absolute atomic E-state index is 12.1. The first-order valence-corrected chi connectivity index (χ1v) is 18.3. The Bertz CT molecular complexity index is 2100. The Morgan fingerprint density at radius 1 is 0.837 bits per heavy atom. The van der Waals surface area contributed by atoms with E-state index in [1.165, 1.54) is 37.2 Å². The van der Waals surface area contributed by atoms with Crippen LogP contribution in [0.2, 0.25) is 0 Å². The van der Waals surface area contributed by atoms with Crippen LogP contribution < -0.4 is 0 Å². The minimum absolute atomic E-state index is 0. The fourth-order valence-corrected chi connectivity index (χ4v) is 7.99. The van der Waals surface area contributed by atoms with E-state index < -0.39 is 0 Å². The van der Waals surface area contributed by atoms with Crippen LogP contribution in [0.15, 0.2) is 84.4 Å². The quantitative estimate of drug-likeness (QED) is 0.0894. The summed E-state index contributed by atoms with van der Waals surface area (Å²) in [6.45, 7) is 16.7. The first-order chi connectivity index (χ1) is 23.0. The molecule has 2 aromatic heterocycles. The molecule has 1 N–H and O–H groups in total. The molecule has 2 heterocycles. The van der Waals surface area contributed by atoms with Gasteiger partial charge in [-0.2, -0.15) is 0 Å². The van der Waals surface area contributed by atoms with E-state index in [1.54, 1.807) is 24.6 Å². The molecule has 0 atom stereocenters. The number of allylic oxidation sites excluding steroid dienone is 2. The predicted molar refractivity (Wildman–Crippen MR) is 206 cm³/mol. The van der Waals surface area contributed by atoms with Gasteiger partial charge in [0.1, 0.15) is 12.1 Å². The molecule has 0 aliphatic heterocycles. The maximum Gasteiger partial charge on any atom is 0.164 e. The van der Waals surface area contributed by atoms with Crippen molar-refractivity contribution in [1.29, 1.82) is 0 Å². The fraction of sp³-hybridized carbons (Fsp3) is 0.372. The number of nitrogens with zero attached hydrogens (tertiary/aromatic N) is 2. The summed E-state index contributed by atoms with van der Waals surface area (Å²) in [5.41, 5.74) is 5.23. The van der Waals surface area contributed by atoms with Crippen molar-refractivity contribution in [1.82, 2.24) is 9.97 Å². The number of Topliss-reactive ketones (excluding diaryl/α,β-unsaturated/α-hetero) is 1. The monoisotopic (exact) mass is 850 g/mol. The number of hydrogen-bond acceptors (Lipinski definition) is 5. The molecule has 0 aliphatic carbocycles. The number of carbonyl (C=O) groups is 1. The molecule has 0 amide bonds. The van der Waals surface area contributed by atoms with Crippen LogP contribution in [0.4, 0.5) is 0 Å². The molecule has 6 heteroatoms. The van der Waals surface area contributed by atoms with Crippen molar-refractivity contribution in [3.05, 3.63) is 96.0 Å². The van der Waals surface area contributed by atoms with E-state index in [-0.39, 0.29) is 43.1 Å². The molecular weight excluding hydrogens is 801 g/mol. The Morgan fingerprint density at radius 2 is 1.51 bits per heavy atom. The van der Waals surface area contributed by atoms with E-state index in [0.29, 0.717) is 11.3 Å². The molecule has 0 saturated heterocycles. The molecule has 0 aliphatic rings. The molecule has 6 rings (SSSR count). The van der Waals surface area contributed by atoms with Gasteiger partial charge in [0.15, 0.2) is 5.78 Å². The Balaban J connectivity index is 0.000000274. The summed E-state index contributed by atoms with van der Waals surface area (Å²) in [5.74, 6) is 0.631. The Hall–Kier alpha value is -3.44. The van der Waals surface area contributed by atoms with Crippen molar-refractivity contribution in [3.8, 4) is 11.3 Å². The van der Waals surface area contributed by atoms with Gasteiger partial charge in [0.2, 0.25) is 0 Å². The van der Waals surface area contributed by atoms with Crippen molar-refractivity contribution in [2.24, 2.45) is 17.3 Å². The van der Waals surface area contributed by atoms with Gasteiger partial charge in [-0.1, -0.05) is 113 Å². The second-order valence-electron chi connectivity index (χ2n) is 14.0.